The van der Waals surface area contributed by atoms with Gasteiger partial charge in [0.15, 0.2) is 0 Å². The van der Waals surface area contributed by atoms with Crippen molar-refractivity contribution in [3.63, 3.8) is 0 Å². The molecule has 0 heterocycles. The second-order valence-electron chi connectivity index (χ2n) is 3.31. The van der Waals surface area contributed by atoms with Crippen molar-refractivity contribution < 1.29 is 4.79 Å². The van der Waals surface area contributed by atoms with Gasteiger partial charge in [0.25, 0.3) is 0 Å². The minimum atomic E-state index is -0.0806. The van der Waals surface area contributed by atoms with Gasteiger partial charge in [0.2, 0.25) is 5.91 Å². The van der Waals surface area contributed by atoms with E-state index in [2.05, 4.69) is 5.32 Å². The summed E-state index contributed by atoms with van der Waals surface area (Å²) in [4.78, 5) is 12.9. The lowest BCUT2D eigenvalue weighted by Gasteiger charge is -2.18. The summed E-state index contributed by atoms with van der Waals surface area (Å²) >= 11 is 5.89. The second-order valence-corrected chi connectivity index (χ2v) is 3.71. The minimum absolute atomic E-state index is 0.0806. The van der Waals surface area contributed by atoms with Crippen LogP contribution in [0.3, 0.4) is 0 Å². The monoisotopic (exact) mass is 237 g/mol. The molecule has 0 saturated carbocycles. The topological polar surface area (TPSA) is 56.1 Å². The molecule has 1 rings (SSSR count). The molecule has 1 aromatic carbocycles. The number of carbonyl (C=O) groups excluding carboxylic acids is 1. The minimum Gasteiger partial charge on any atom is -0.365 e. The Kier molecular flexibility index (Phi) is 4.15. The molecule has 0 radical (unpaired) electrons. The van der Waals surface area contributed by atoms with Gasteiger partial charge in [-0.15, -0.1) is 0 Å². The highest BCUT2D eigenvalue weighted by Gasteiger charge is 2.07. The number of nitrogens with zero attached hydrogens (tertiary/aromatic N) is 2. The Balaban J connectivity index is 2.85. The van der Waals surface area contributed by atoms with Crippen LogP contribution in [-0.2, 0) is 4.79 Å². The Morgan fingerprint density at radius 2 is 2.31 bits per heavy atom. The molecule has 5 heteroatoms. The smallest absolute Gasteiger partial charge is 0.239 e. The maximum absolute atomic E-state index is 11.2. The van der Waals surface area contributed by atoms with Crippen LogP contribution in [0.1, 0.15) is 5.56 Å². The van der Waals surface area contributed by atoms with E-state index in [-0.39, 0.29) is 12.5 Å². The van der Waals surface area contributed by atoms with E-state index in [9.17, 15) is 4.79 Å². The van der Waals surface area contributed by atoms with Crippen LogP contribution in [0.4, 0.5) is 5.69 Å². The second kappa shape index (κ2) is 5.38. The van der Waals surface area contributed by atoms with Crippen LogP contribution in [0.5, 0.6) is 0 Å². The van der Waals surface area contributed by atoms with Gasteiger partial charge in [-0.3, -0.25) is 4.79 Å². The Labute approximate surface area is 99.4 Å². The normalized spacial score (nSPS) is 9.38. The van der Waals surface area contributed by atoms with Crippen LogP contribution in [-0.4, -0.2) is 26.5 Å². The van der Waals surface area contributed by atoms with Gasteiger partial charge in [-0.25, -0.2) is 0 Å². The van der Waals surface area contributed by atoms with Crippen molar-refractivity contribution >= 4 is 23.2 Å². The molecule has 0 bridgehead atoms. The first kappa shape index (κ1) is 12.3. The first-order valence-electron chi connectivity index (χ1n) is 4.70. The highest BCUT2D eigenvalue weighted by atomic mass is 35.5. The molecule has 0 fully saturated rings. The van der Waals surface area contributed by atoms with E-state index in [0.717, 1.165) is 5.69 Å². The Bertz CT molecular complexity index is 439. The average molecular weight is 238 g/mol. The molecule has 16 heavy (non-hydrogen) atoms. The molecular weight excluding hydrogens is 226 g/mol. The van der Waals surface area contributed by atoms with E-state index in [1.165, 1.54) is 0 Å². The maximum atomic E-state index is 11.2. The van der Waals surface area contributed by atoms with Gasteiger partial charge >= 0.3 is 0 Å². The van der Waals surface area contributed by atoms with Crippen LogP contribution in [0, 0.1) is 11.3 Å². The van der Waals surface area contributed by atoms with Gasteiger partial charge in [0.1, 0.15) is 6.07 Å². The lowest BCUT2D eigenvalue weighted by molar-refractivity contribution is -0.119. The van der Waals surface area contributed by atoms with Crippen LogP contribution in [0.15, 0.2) is 18.2 Å². The SMILES string of the molecule is CNC(=O)CN(C)c1ccc(C#N)c(Cl)c1. The zero-order chi connectivity index (χ0) is 12.1. The van der Waals surface area contributed by atoms with Gasteiger partial charge in [-0.1, -0.05) is 11.6 Å². The molecule has 1 N–H and O–H groups in total. The molecule has 0 aliphatic rings. The number of hydrogen-bond donors (Lipinski definition) is 1. The third kappa shape index (κ3) is 2.88. The predicted octanol–water partition coefficient (Wildman–Crippen LogP) is 1.39. The lowest BCUT2D eigenvalue weighted by atomic mass is 10.2. The highest BCUT2D eigenvalue weighted by Crippen LogP contribution is 2.22. The van der Waals surface area contributed by atoms with Crippen molar-refractivity contribution in [2.24, 2.45) is 0 Å². The fraction of sp³-hybridized carbons (Fsp3) is 0.273. The third-order valence-electron chi connectivity index (χ3n) is 2.17. The fourth-order valence-electron chi connectivity index (χ4n) is 1.22. The standard InChI is InChI=1S/C11H12ClN3O/c1-14-11(16)7-15(2)9-4-3-8(6-13)10(12)5-9/h3-5H,7H2,1-2H3,(H,14,16). The number of rotatable bonds is 3. The van der Waals surface area contributed by atoms with Gasteiger partial charge < -0.3 is 10.2 Å². The number of nitrogens with one attached hydrogen (secondary N) is 1. The van der Waals surface area contributed by atoms with E-state index in [0.29, 0.717) is 10.6 Å². The fourth-order valence-corrected chi connectivity index (χ4v) is 1.43. The maximum Gasteiger partial charge on any atom is 0.239 e. The Hall–Kier alpha value is -1.73. The van der Waals surface area contributed by atoms with Crippen molar-refractivity contribution in [3.05, 3.63) is 28.8 Å². The zero-order valence-electron chi connectivity index (χ0n) is 9.12. The van der Waals surface area contributed by atoms with Crippen molar-refractivity contribution in [1.82, 2.24) is 5.32 Å². The number of nitriles is 1. The van der Waals surface area contributed by atoms with Crippen LogP contribution in [0.25, 0.3) is 0 Å². The van der Waals surface area contributed by atoms with Gasteiger partial charge in [-0.2, -0.15) is 5.26 Å². The Morgan fingerprint density at radius 1 is 1.62 bits per heavy atom. The van der Waals surface area contributed by atoms with Crippen LogP contribution < -0.4 is 10.2 Å². The first-order valence-corrected chi connectivity index (χ1v) is 5.07. The summed E-state index contributed by atoms with van der Waals surface area (Å²) in [6.07, 6.45) is 0. The molecule has 0 unspecified atom stereocenters. The van der Waals surface area contributed by atoms with E-state index < -0.39 is 0 Å². The molecule has 0 aromatic heterocycles. The van der Waals surface area contributed by atoms with E-state index >= 15 is 0 Å². The summed E-state index contributed by atoms with van der Waals surface area (Å²) in [7, 11) is 3.37. The summed E-state index contributed by atoms with van der Waals surface area (Å²) in [5.74, 6) is -0.0806. The summed E-state index contributed by atoms with van der Waals surface area (Å²) < 4.78 is 0. The van der Waals surface area contributed by atoms with Crippen LogP contribution >= 0.6 is 11.6 Å². The zero-order valence-corrected chi connectivity index (χ0v) is 9.88. The number of likely N-dealkylation sites (N-methyl/N-ethyl adjacent to an activating group) is 2. The molecule has 0 atom stereocenters. The lowest BCUT2D eigenvalue weighted by Crippen LogP contribution is -2.32. The van der Waals surface area contributed by atoms with Gasteiger partial charge in [0, 0.05) is 19.8 Å². The van der Waals surface area contributed by atoms with Crippen LogP contribution in [0.2, 0.25) is 5.02 Å². The molecule has 0 saturated heterocycles. The molecule has 4 nitrogen and oxygen atoms in total. The van der Waals surface area contributed by atoms with Gasteiger partial charge in [-0.05, 0) is 18.2 Å². The number of carbonyl (C=O) groups is 1. The molecule has 1 amide bonds. The molecule has 1 aromatic rings. The average Bonchev–Trinajstić information content (AvgIpc) is 2.28. The van der Waals surface area contributed by atoms with Crippen molar-refractivity contribution in [1.29, 1.82) is 5.26 Å². The molecule has 0 aliphatic heterocycles. The quantitative estimate of drug-likeness (QED) is 0.865. The third-order valence-corrected chi connectivity index (χ3v) is 2.49. The number of hydrogen-bond acceptors (Lipinski definition) is 3. The predicted molar refractivity (Wildman–Crippen MR) is 63.5 cm³/mol. The number of amides is 1. The van der Waals surface area contributed by atoms with Crippen molar-refractivity contribution in [2.75, 3.05) is 25.5 Å². The van der Waals surface area contributed by atoms with Crippen molar-refractivity contribution in [2.45, 2.75) is 0 Å². The number of anilines is 1. The molecular formula is C11H12ClN3O. The first-order chi connectivity index (χ1) is 7.58. The summed E-state index contributed by atoms with van der Waals surface area (Å²) in [5, 5.41) is 11.6. The summed E-state index contributed by atoms with van der Waals surface area (Å²) in [6.45, 7) is 0.249. The summed E-state index contributed by atoms with van der Waals surface area (Å²) in [5.41, 5.74) is 1.23. The number of benzene rings is 1. The Morgan fingerprint density at radius 3 is 2.81 bits per heavy atom. The molecule has 84 valence electrons. The molecule has 0 spiro atoms. The van der Waals surface area contributed by atoms with Crippen molar-refractivity contribution in [3.8, 4) is 6.07 Å². The number of halogens is 1. The highest BCUT2D eigenvalue weighted by molar-refractivity contribution is 6.32. The van der Waals surface area contributed by atoms with E-state index in [1.54, 1.807) is 37.2 Å². The largest absolute Gasteiger partial charge is 0.365 e. The molecule has 0 aliphatic carbocycles. The summed E-state index contributed by atoms with van der Waals surface area (Å²) in [6, 6.07) is 7.05. The van der Waals surface area contributed by atoms with Gasteiger partial charge in [0.05, 0.1) is 17.1 Å². The van der Waals surface area contributed by atoms with E-state index in [1.807, 2.05) is 6.07 Å². The van der Waals surface area contributed by atoms with E-state index in [4.69, 9.17) is 16.9 Å².